The standard InChI is InChI=1S/C12H19ClN4/c1-2-11-9-12(15-10-14-11)17-7-5-16(4-3-13)6-8-17/h9-10H,2-8H2,1H3. The summed E-state index contributed by atoms with van der Waals surface area (Å²) in [5.41, 5.74) is 1.11. The first-order valence-electron chi connectivity index (χ1n) is 6.17. The fourth-order valence-electron chi connectivity index (χ4n) is 2.07. The summed E-state index contributed by atoms with van der Waals surface area (Å²) in [6.07, 6.45) is 2.63. The van der Waals surface area contributed by atoms with Crippen LogP contribution in [-0.2, 0) is 6.42 Å². The Morgan fingerprint density at radius 1 is 1.24 bits per heavy atom. The van der Waals surface area contributed by atoms with Gasteiger partial charge in [0.05, 0.1) is 0 Å². The number of halogens is 1. The lowest BCUT2D eigenvalue weighted by atomic mass is 10.2. The molecule has 0 bridgehead atoms. The maximum atomic E-state index is 5.75. The minimum atomic E-state index is 0.716. The lowest BCUT2D eigenvalue weighted by Gasteiger charge is -2.35. The number of piperazine rings is 1. The molecule has 0 radical (unpaired) electrons. The molecule has 0 spiro atoms. The van der Waals surface area contributed by atoms with E-state index in [0.29, 0.717) is 5.88 Å². The monoisotopic (exact) mass is 254 g/mol. The van der Waals surface area contributed by atoms with Gasteiger partial charge in [0, 0.05) is 50.4 Å². The van der Waals surface area contributed by atoms with E-state index in [1.54, 1.807) is 6.33 Å². The van der Waals surface area contributed by atoms with E-state index in [1.807, 2.05) is 0 Å². The molecule has 1 aliphatic rings. The summed E-state index contributed by atoms with van der Waals surface area (Å²) in [7, 11) is 0. The Balaban J connectivity index is 1.95. The van der Waals surface area contributed by atoms with Crippen molar-refractivity contribution in [2.24, 2.45) is 0 Å². The fraction of sp³-hybridized carbons (Fsp3) is 0.667. The highest BCUT2D eigenvalue weighted by molar-refractivity contribution is 6.18. The van der Waals surface area contributed by atoms with E-state index in [1.165, 1.54) is 0 Å². The van der Waals surface area contributed by atoms with Crippen LogP contribution in [0.25, 0.3) is 0 Å². The number of nitrogens with zero attached hydrogens (tertiary/aromatic N) is 4. The van der Waals surface area contributed by atoms with Crippen molar-refractivity contribution in [1.29, 1.82) is 0 Å². The van der Waals surface area contributed by atoms with Crippen molar-refractivity contribution in [2.75, 3.05) is 43.5 Å². The average Bonchev–Trinajstić information content (AvgIpc) is 2.40. The van der Waals surface area contributed by atoms with Crippen molar-refractivity contribution in [2.45, 2.75) is 13.3 Å². The van der Waals surface area contributed by atoms with Gasteiger partial charge in [0.25, 0.3) is 0 Å². The minimum Gasteiger partial charge on any atom is -0.354 e. The maximum absolute atomic E-state index is 5.75. The number of aromatic nitrogens is 2. The summed E-state index contributed by atoms with van der Waals surface area (Å²) >= 11 is 5.75. The third-order valence-electron chi connectivity index (χ3n) is 3.17. The summed E-state index contributed by atoms with van der Waals surface area (Å²) in [6.45, 7) is 7.29. The molecule has 94 valence electrons. The highest BCUT2D eigenvalue weighted by Crippen LogP contribution is 2.14. The molecule has 0 N–H and O–H groups in total. The van der Waals surface area contributed by atoms with Crippen LogP contribution in [0.4, 0.5) is 5.82 Å². The van der Waals surface area contributed by atoms with Gasteiger partial charge in [-0.25, -0.2) is 9.97 Å². The molecular weight excluding hydrogens is 236 g/mol. The Hall–Kier alpha value is -0.870. The lowest BCUT2D eigenvalue weighted by molar-refractivity contribution is 0.272. The van der Waals surface area contributed by atoms with Crippen LogP contribution in [-0.4, -0.2) is 53.5 Å². The van der Waals surface area contributed by atoms with Gasteiger partial charge in [-0.2, -0.15) is 0 Å². The predicted octanol–water partition coefficient (Wildman–Crippen LogP) is 1.40. The smallest absolute Gasteiger partial charge is 0.132 e. The van der Waals surface area contributed by atoms with E-state index in [0.717, 1.165) is 50.7 Å². The quantitative estimate of drug-likeness (QED) is 0.761. The maximum Gasteiger partial charge on any atom is 0.132 e. The highest BCUT2D eigenvalue weighted by Gasteiger charge is 2.17. The number of rotatable bonds is 4. The van der Waals surface area contributed by atoms with Gasteiger partial charge in [-0.15, -0.1) is 11.6 Å². The van der Waals surface area contributed by atoms with Crippen LogP contribution in [0, 0.1) is 0 Å². The van der Waals surface area contributed by atoms with Gasteiger partial charge in [0.1, 0.15) is 12.1 Å². The van der Waals surface area contributed by atoms with Gasteiger partial charge in [0.15, 0.2) is 0 Å². The third-order valence-corrected chi connectivity index (χ3v) is 3.34. The van der Waals surface area contributed by atoms with E-state index in [-0.39, 0.29) is 0 Å². The summed E-state index contributed by atoms with van der Waals surface area (Å²) in [4.78, 5) is 13.3. The fourth-order valence-corrected chi connectivity index (χ4v) is 2.31. The first-order chi connectivity index (χ1) is 8.33. The van der Waals surface area contributed by atoms with Gasteiger partial charge in [-0.3, -0.25) is 4.90 Å². The predicted molar refractivity (Wildman–Crippen MR) is 70.8 cm³/mol. The SMILES string of the molecule is CCc1cc(N2CCN(CCCl)CC2)ncn1. The summed E-state index contributed by atoms with van der Waals surface area (Å²) < 4.78 is 0. The number of anilines is 1. The van der Waals surface area contributed by atoms with E-state index in [9.17, 15) is 0 Å². The molecule has 1 aliphatic heterocycles. The first-order valence-corrected chi connectivity index (χ1v) is 6.71. The molecule has 1 fully saturated rings. The third kappa shape index (κ3) is 3.30. The van der Waals surface area contributed by atoms with Gasteiger partial charge in [-0.05, 0) is 6.42 Å². The lowest BCUT2D eigenvalue weighted by Crippen LogP contribution is -2.47. The molecule has 0 saturated carbocycles. The van der Waals surface area contributed by atoms with Crippen LogP contribution in [0.2, 0.25) is 0 Å². The summed E-state index contributed by atoms with van der Waals surface area (Å²) in [5.74, 6) is 1.77. The zero-order valence-electron chi connectivity index (χ0n) is 10.3. The van der Waals surface area contributed by atoms with Crippen LogP contribution in [0.3, 0.4) is 0 Å². The number of hydrogen-bond donors (Lipinski definition) is 0. The van der Waals surface area contributed by atoms with Gasteiger partial charge < -0.3 is 4.90 Å². The molecule has 5 heteroatoms. The largest absolute Gasteiger partial charge is 0.354 e. The molecule has 1 saturated heterocycles. The van der Waals surface area contributed by atoms with E-state index < -0.39 is 0 Å². The molecule has 4 nitrogen and oxygen atoms in total. The molecule has 1 aromatic rings. The Labute approximate surface area is 108 Å². The highest BCUT2D eigenvalue weighted by atomic mass is 35.5. The average molecular weight is 255 g/mol. The molecule has 2 rings (SSSR count). The molecular formula is C12H19ClN4. The molecule has 1 aromatic heterocycles. The second-order valence-electron chi connectivity index (χ2n) is 4.24. The Kier molecular flexibility index (Phi) is 4.57. The number of hydrogen-bond acceptors (Lipinski definition) is 4. The second-order valence-corrected chi connectivity index (χ2v) is 4.62. The molecule has 0 atom stereocenters. The Bertz CT molecular complexity index is 350. The summed E-state index contributed by atoms with van der Waals surface area (Å²) in [6, 6.07) is 2.09. The van der Waals surface area contributed by atoms with E-state index >= 15 is 0 Å². The number of alkyl halides is 1. The van der Waals surface area contributed by atoms with Crippen LogP contribution in [0.1, 0.15) is 12.6 Å². The van der Waals surface area contributed by atoms with Crippen LogP contribution >= 0.6 is 11.6 Å². The summed E-state index contributed by atoms with van der Waals surface area (Å²) in [5, 5.41) is 0. The zero-order chi connectivity index (χ0) is 12.1. The molecule has 0 aromatic carbocycles. The van der Waals surface area contributed by atoms with Crippen molar-refractivity contribution in [3.8, 4) is 0 Å². The van der Waals surface area contributed by atoms with Crippen LogP contribution < -0.4 is 4.90 Å². The van der Waals surface area contributed by atoms with Crippen molar-refractivity contribution >= 4 is 17.4 Å². The van der Waals surface area contributed by atoms with Crippen molar-refractivity contribution in [1.82, 2.24) is 14.9 Å². The minimum absolute atomic E-state index is 0.716. The topological polar surface area (TPSA) is 32.3 Å². The van der Waals surface area contributed by atoms with Crippen molar-refractivity contribution < 1.29 is 0 Å². The van der Waals surface area contributed by atoms with Gasteiger partial charge in [-0.1, -0.05) is 6.92 Å². The Morgan fingerprint density at radius 2 is 2.00 bits per heavy atom. The van der Waals surface area contributed by atoms with Crippen LogP contribution in [0.15, 0.2) is 12.4 Å². The van der Waals surface area contributed by atoms with Crippen molar-refractivity contribution in [3.63, 3.8) is 0 Å². The van der Waals surface area contributed by atoms with Crippen molar-refractivity contribution in [3.05, 3.63) is 18.1 Å². The van der Waals surface area contributed by atoms with E-state index in [4.69, 9.17) is 11.6 Å². The van der Waals surface area contributed by atoms with Crippen LogP contribution in [0.5, 0.6) is 0 Å². The van der Waals surface area contributed by atoms with E-state index in [2.05, 4.69) is 32.8 Å². The molecule has 17 heavy (non-hydrogen) atoms. The second kappa shape index (κ2) is 6.17. The molecule has 0 aliphatic carbocycles. The van der Waals surface area contributed by atoms with Gasteiger partial charge in [0.2, 0.25) is 0 Å². The van der Waals surface area contributed by atoms with Gasteiger partial charge >= 0.3 is 0 Å². The first kappa shape index (κ1) is 12.6. The molecule has 0 unspecified atom stereocenters. The normalized spacial score (nSPS) is 17.4. The Morgan fingerprint density at radius 3 is 2.65 bits per heavy atom. The zero-order valence-corrected chi connectivity index (χ0v) is 11.0. The molecule has 2 heterocycles. The number of aryl methyl sites for hydroxylation is 1. The molecule has 0 amide bonds.